The highest BCUT2D eigenvalue weighted by Gasteiger charge is 2.34. The molecular weight excluding hydrogens is 211 g/mol. The van der Waals surface area contributed by atoms with Gasteiger partial charge in [0.15, 0.2) is 11.5 Å². The van der Waals surface area contributed by atoms with Crippen molar-refractivity contribution in [3.63, 3.8) is 0 Å². The quantitative estimate of drug-likeness (QED) is 0.785. The summed E-state index contributed by atoms with van der Waals surface area (Å²) in [6, 6.07) is 3.88. The lowest BCUT2D eigenvalue weighted by Crippen LogP contribution is -2.17. The Bertz CT molecular complexity index is 378. The summed E-state index contributed by atoms with van der Waals surface area (Å²) in [6.45, 7) is 0.174. The summed E-state index contributed by atoms with van der Waals surface area (Å²) in [6.07, 6.45) is -4.72. The molecule has 0 spiro atoms. The number of rotatable bonds is 1. The second-order valence-corrected chi connectivity index (χ2v) is 3.14. The van der Waals surface area contributed by atoms with Gasteiger partial charge >= 0.3 is 6.36 Å². The van der Waals surface area contributed by atoms with Gasteiger partial charge in [0.2, 0.25) is 0 Å². The van der Waals surface area contributed by atoms with Crippen molar-refractivity contribution >= 4 is 0 Å². The van der Waals surface area contributed by atoms with Gasteiger partial charge in [-0.15, -0.1) is 13.2 Å². The van der Waals surface area contributed by atoms with Crippen molar-refractivity contribution in [2.75, 3.05) is 6.61 Å². The van der Waals surface area contributed by atoms with Crippen molar-refractivity contribution in [3.05, 3.63) is 23.8 Å². The second-order valence-electron chi connectivity index (χ2n) is 3.14. The molecule has 0 aromatic heterocycles. The first kappa shape index (κ1) is 10.1. The molecule has 82 valence electrons. The Morgan fingerprint density at radius 2 is 2.13 bits per heavy atom. The molecule has 0 radical (unpaired) electrons. The fraction of sp³-hybridized carbons (Fsp3) is 0.333. The Labute approximate surface area is 83.6 Å². The number of halogens is 3. The Morgan fingerprint density at radius 3 is 2.80 bits per heavy atom. The van der Waals surface area contributed by atoms with Crippen LogP contribution in [0.15, 0.2) is 18.2 Å². The Morgan fingerprint density at radius 1 is 1.40 bits per heavy atom. The molecule has 1 heterocycles. The molecule has 3 nitrogen and oxygen atoms in total. The molecule has 0 aliphatic carbocycles. The van der Waals surface area contributed by atoms with Crippen LogP contribution in [0.5, 0.6) is 11.5 Å². The Hall–Kier alpha value is -1.43. The summed E-state index contributed by atoms with van der Waals surface area (Å²) >= 11 is 0. The Kier molecular flexibility index (Phi) is 2.22. The van der Waals surface area contributed by atoms with Gasteiger partial charge < -0.3 is 15.2 Å². The molecule has 1 aromatic rings. The first-order valence-electron chi connectivity index (χ1n) is 4.24. The van der Waals surface area contributed by atoms with Crippen molar-refractivity contribution < 1.29 is 22.6 Å². The maximum Gasteiger partial charge on any atom is 0.573 e. The first-order chi connectivity index (χ1) is 6.97. The van der Waals surface area contributed by atoms with Gasteiger partial charge in [0, 0.05) is 5.56 Å². The maximum atomic E-state index is 12.0. The van der Waals surface area contributed by atoms with Gasteiger partial charge in [-0.1, -0.05) is 12.1 Å². The highest BCUT2D eigenvalue weighted by atomic mass is 19.4. The third kappa shape index (κ3) is 1.99. The molecule has 1 aliphatic heterocycles. The van der Waals surface area contributed by atoms with Crippen molar-refractivity contribution in [1.29, 1.82) is 0 Å². The standard InChI is InChI=1S/C9H8F3NO2/c10-9(11,12)15-7-3-1-2-5-6(13)4-14-8(5)7/h1-3,6H,4,13H2/t6-/m1/s1. The normalized spacial score (nSPS) is 19.6. The zero-order valence-corrected chi connectivity index (χ0v) is 7.54. The van der Waals surface area contributed by atoms with Gasteiger partial charge in [-0.3, -0.25) is 0 Å². The lowest BCUT2D eigenvalue weighted by atomic mass is 10.1. The van der Waals surface area contributed by atoms with Crippen LogP contribution in [0.3, 0.4) is 0 Å². The van der Waals surface area contributed by atoms with Crippen LogP contribution in [0.4, 0.5) is 13.2 Å². The predicted octanol–water partition coefficient (Wildman–Crippen LogP) is 1.98. The zero-order chi connectivity index (χ0) is 11.1. The van der Waals surface area contributed by atoms with Crippen LogP contribution in [0.25, 0.3) is 0 Å². The van der Waals surface area contributed by atoms with Crippen molar-refractivity contribution in [2.45, 2.75) is 12.4 Å². The number of hydrogen-bond acceptors (Lipinski definition) is 3. The molecule has 0 unspecified atom stereocenters. The lowest BCUT2D eigenvalue weighted by Gasteiger charge is -2.11. The van der Waals surface area contributed by atoms with Crippen molar-refractivity contribution in [2.24, 2.45) is 5.73 Å². The van der Waals surface area contributed by atoms with Crippen LogP contribution >= 0.6 is 0 Å². The monoisotopic (exact) mass is 219 g/mol. The molecule has 0 amide bonds. The summed E-state index contributed by atoms with van der Waals surface area (Å²) in [4.78, 5) is 0. The second kappa shape index (κ2) is 3.30. The lowest BCUT2D eigenvalue weighted by molar-refractivity contribution is -0.275. The molecule has 2 N–H and O–H groups in total. The molecule has 1 atom stereocenters. The van der Waals surface area contributed by atoms with E-state index < -0.39 is 12.4 Å². The topological polar surface area (TPSA) is 44.5 Å². The van der Waals surface area contributed by atoms with E-state index in [-0.39, 0.29) is 18.1 Å². The summed E-state index contributed by atoms with van der Waals surface area (Å²) in [5.41, 5.74) is 6.16. The van der Waals surface area contributed by atoms with E-state index in [1.807, 2.05) is 0 Å². The van der Waals surface area contributed by atoms with E-state index in [0.717, 1.165) is 0 Å². The number of ether oxygens (including phenoxy) is 2. The molecule has 6 heteroatoms. The van der Waals surface area contributed by atoms with E-state index in [1.54, 1.807) is 6.07 Å². The number of fused-ring (bicyclic) bond motifs is 1. The van der Waals surface area contributed by atoms with Crippen LogP contribution in [-0.2, 0) is 0 Å². The highest BCUT2D eigenvalue weighted by Crippen LogP contribution is 2.41. The van der Waals surface area contributed by atoms with Crippen molar-refractivity contribution in [3.8, 4) is 11.5 Å². The molecule has 15 heavy (non-hydrogen) atoms. The minimum Gasteiger partial charge on any atom is -0.487 e. The summed E-state index contributed by atoms with van der Waals surface area (Å²) < 4.78 is 44.8. The molecular formula is C9H8F3NO2. The predicted molar refractivity (Wildman–Crippen MR) is 45.5 cm³/mol. The van der Waals surface area contributed by atoms with Crippen LogP contribution in [0.1, 0.15) is 11.6 Å². The minimum atomic E-state index is -4.72. The summed E-state index contributed by atoms with van der Waals surface area (Å²) in [7, 11) is 0. The van der Waals surface area contributed by atoms with Gasteiger partial charge in [0.25, 0.3) is 0 Å². The van der Waals surface area contributed by atoms with E-state index in [1.165, 1.54) is 12.1 Å². The molecule has 2 rings (SSSR count). The molecule has 1 aliphatic rings. The minimum absolute atomic E-state index is 0.0855. The number of benzene rings is 1. The molecule has 0 bridgehead atoms. The van der Waals surface area contributed by atoms with Gasteiger partial charge in [-0.05, 0) is 6.07 Å². The fourth-order valence-corrected chi connectivity index (χ4v) is 1.45. The summed E-state index contributed by atoms with van der Waals surface area (Å²) in [5.74, 6) is -0.254. The van der Waals surface area contributed by atoms with E-state index in [2.05, 4.69) is 4.74 Å². The van der Waals surface area contributed by atoms with E-state index in [4.69, 9.17) is 10.5 Å². The highest BCUT2D eigenvalue weighted by molar-refractivity contribution is 5.50. The number of para-hydroxylation sites is 1. The van der Waals surface area contributed by atoms with Gasteiger partial charge in [-0.25, -0.2) is 0 Å². The van der Waals surface area contributed by atoms with Crippen LogP contribution in [0, 0.1) is 0 Å². The molecule has 0 saturated carbocycles. The smallest absolute Gasteiger partial charge is 0.487 e. The van der Waals surface area contributed by atoms with E-state index in [9.17, 15) is 13.2 Å². The molecule has 0 fully saturated rings. The Balaban J connectivity index is 2.34. The van der Waals surface area contributed by atoms with E-state index >= 15 is 0 Å². The third-order valence-electron chi connectivity index (χ3n) is 2.04. The maximum absolute atomic E-state index is 12.0. The molecule has 1 aromatic carbocycles. The average molecular weight is 219 g/mol. The van der Waals surface area contributed by atoms with Gasteiger partial charge in [-0.2, -0.15) is 0 Å². The SMILES string of the molecule is N[C@@H]1COc2c(OC(F)(F)F)cccc21. The largest absolute Gasteiger partial charge is 0.573 e. The average Bonchev–Trinajstić information content (AvgIpc) is 2.47. The van der Waals surface area contributed by atoms with Crippen LogP contribution in [0.2, 0.25) is 0 Å². The number of nitrogens with two attached hydrogens (primary N) is 1. The first-order valence-corrected chi connectivity index (χ1v) is 4.24. The third-order valence-corrected chi connectivity index (χ3v) is 2.04. The van der Waals surface area contributed by atoms with Crippen LogP contribution in [-0.4, -0.2) is 13.0 Å². The van der Waals surface area contributed by atoms with E-state index in [0.29, 0.717) is 5.56 Å². The van der Waals surface area contributed by atoms with Crippen LogP contribution < -0.4 is 15.2 Å². The number of hydrogen-bond donors (Lipinski definition) is 1. The summed E-state index contributed by atoms with van der Waals surface area (Å²) in [5, 5.41) is 0. The zero-order valence-electron chi connectivity index (χ0n) is 7.54. The molecule has 0 saturated heterocycles. The number of alkyl halides is 3. The fourth-order valence-electron chi connectivity index (χ4n) is 1.45. The van der Waals surface area contributed by atoms with Crippen molar-refractivity contribution in [1.82, 2.24) is 0 Å². The van der Waals surface area contributed by atoms with Gasteiger partial charge in [0.1, 0.15) is 6.61 Å². The van der Waals surface area contributed by atoms with Gasteiger partial charge in [0.05, 0.1) is 6.04 Å².